The summed E-state index contributed by atoms with van der Waals surface area (Å²) in [6, 6.07) is 24.9. The van der Waals surface area contributed by atoms with Gasteiger partial charge in [0.25, 0.3) is 5.91 Å². The maximum Gasteiger partial charge on any atom is 0.255 e. The van der Waals surface area contributed by atoms with Crippen LogP contribution in [-0.2, 0) is 13.2 Å². The smallest absolute Gasteiger partial charge is 0.255 e. The molecule has 0 radical (unpaired) electrons. The van der Waals surface area contributed by atoms with Crippen molar-refractivity contribution in [3.05, 3.63) is 108 Å². The van der Waals surface area contributed by atoms with E-state index in [0.29, 0.717) is 35.9 Å². The Morgan fingerprint density at radius 2 is 1.68 bits per heavy atom. The van der Waals surface area contributed by atoms with Crippen LogP contribution in [0.4, 0.5) is 5.69 Å². The first-order chi connectivity index (χ1) is 15.2. The Bertz CT molecular complexity index is 1160. The van der Waals surface area contributed by atoms with Crippen LogP contribution in [0.3, 0.4) is 0 Å². The molecule has 0 bridgehead atoms. The van der Waals surface area contributed by atoms with Crippen LogP contribution in [0.1, 0.15) is 21.5 Å². The van der Waals surface area contributed by atoms with Gasteiger partial charge in [0, 0.05) is 11.8 Å². The molecule has 0 spiro atoms. The van der Waals surface area contributed by atoms with Crippen LogP contribution >= 0.6 is 0 Å². The van der Waals surface area contributed by atoms with Gasteiger partial charge in [-0.25, -0.2) is 0 Å². The van der Waals surface area contributed by atoms with Gasteiger partial charge in [0.15, 0.2) is 11.5 Å². The number of nitrogens with one attached hydrogen (secondary N) is 1. The van der Waals surface area contributed by atoms with Gasteiger partial charge in [-0.15, -0.1) is 0 Å². The first-order valence-corrected chi connectivity index (χ1v) is 9.94. The monoisotopic (exact) mass is 413 g/mol. The zero-order chi connectivity index (χ0) is 21.5. The lowest BCUT2D eigenvalue weighted by Gasteiger charge is -2.11. The van der Waals surface area contributed by atoms with Crippen LogP contribution in [0.25, 0.3) is 0 Å². The zero-order valence-corrected chi connectivity index (χ0v) is 17.2. The summed E-state index contributed by atoms with van der Waals surface area (Å²) in [4.78, 5) is 12.7. The fraction of sp³-hybridized carbons (Fsp3) is 0.120. The van der Waals surface area contributed by atoms with Crippen molar-refractivity contribution in [2.24, 2.45) is 0 Å². The second kappa shape index (κ2) is 9.63. The number of rotatable bonds is 8. The van der Waals surface area contributed by atoms with Crippen LogP contribution < -0.4 is 14.8 Å². The van der Waals surface area contributed by atoms with E-state index >= 15 is 0 Å². The molecule has 31 heavy (non-hydrogen) atoms. The molecule has 1 heterocycles. The largest absolute Gasteiger partial charge is 0.493 e. The molecular formula is C25H23N3O3. The molecule has 0 saturated heterocycles. The van der Waals surface area contributed by atoms with Crippen LogP contribution in [-0.4, -0.2) is 22.8 Å². The van der Waals surface area contributed by atoms with Gasteiger partial charge in [0.2, 0.25) is 0 Å². The van der Waals surface area contributed by atoms with Crippen LogP contribution in [0.5, 0.6) is 11.5 Å². The number of methoxy groups -OCH3 is 1. The molecule has 0 aliphatic carbocycles. The Kier molecular flexibility index (Phi) is 6.28. The van der Waals surface area contributed by atoms with E-state index < -0.39 is 0 Å². The van der Waals surface area contributed by atoms with E-state index in [1.54, 1.807) is 24.1 Å². The molecule has 4 aromatic rings. The van der Waals surface area contributed by atoms with Crippen LogP contribution in [0, 0.1) is 0 Å². The van der Waals surface area contributed by atoms with E-state index in [2.05, 4.69) is 10.4 Å². The van der Waals surface area contributed by atoms with E-state index in [1.165, 1.54) is 0 Å². The fourth-order valence-corrected chi connectivity index (χ4v) is 3.19. The number of hydrogen-bond donors (Lipinski definition) is 1. The predicted molar refractivity (Wildman–Crippen MR) is 119 cm³/mol. The van der Waals surface area contributed by atoms with Crippen molar-refractivity contribution in [3.8, 4) is 11.5 Å². The van der Waals surface area contributed by atoms with Crippen molar-refractivity contribution in [3.63, 3.8) is 0 Å². The lowest BCUT2D eigenvalue weighted by molar-refractivity contribution is 0.102. The van der Waals surface area contributed by atoms with Crippen molar-refractivity contribution in [1.82, 2.24) is 9.78 Å². The number of benzene rings is 3. The molecule has 0 saturated carbocycles. The minimum absolute atomic E-state index is 0.196. The van der Waals surface area contributed by atoms with Gasteiger partial charge in [-0.1, -0.05) is 54.6 Å². The predicted octanol–water partition coefficient (Wildman–Crippen LogP) is 4.77. The van der Waals surface area contributed by atoms with Crippen molar-refractivity contribution in [2.45, 2.75) is 13.2 Å². The van der Waals surface area contributed by atoms with Gasteiger partial charge in [-0.2, -0.15) is 5.10 Å². The lowest BCUT2D eigenvalue weighted by atomic mass is 10.1. The molecule has 156 valence electrons. The molecule has 0 fully saturated rings. The summed E-state index contributed by atoms with van der Waals surface area (Å²) in [6.45, 7) is 0.975. The average molecular weight is 413 g/mol. The summed E-state index contributed by atoms with van der Waals surface area (Å²) in [5, 5.41) is 7.23. The summed E-state index contributed by atoms with van der Waals surface area (Å²) in [5.41, 5.74) is 3.23. The lowest BCUT2D eigenvalue weighted by Crippen LogP contribution is -2.12. The molecular weight excluding hydrogens is 390 g/mol. The first kappa shape index (κ1) is 20.2. The van der Waals surface area contributed by atoms with E-state index in [1.807, 2.05) is 79.0 Å². The van der Waals surface area contributed by atoms with Gasteiger partial charge in [0.1, 0.15) is 6.61 Å². The number of nitrogens with zero attached hydrogens (tertiary/aromatic N) is 2. The highest BCUT2D eigenvalue weighted by Crippen LogP contribution is 2.26. The van der Waals surface area contributed by atoms with Crippen LogP contribution in [0.15, 0.2) is 91.3 Å². The highest BCUT2D eigenvalue weighted by Gasteiger charge is 2.10. The minimum Gasteiger partial charge on any atom is -0.493 e. The third-order valence-corrected chi connectivity index (χ3v) is 4.73. The molecule has 0 unspecified atom stereocenters. The summed E-state index contributed by atoms with van der Waals surface area (Å²) < 4.78 is 13.0. The van der Waals surface area contributed by atoms with Gasteiger partial charge in [0.05, 0.1) is 25.5 Å². The van der Waals surface area contributed by atoms with Gasteiger partial charge < -0.3 is 14.8 Å². The van der Waals surface area contributed by atoms with Gasteiger partial charge in [-0.05, 0) is 35.4 Å². The topological polar surface area (TPSA) is 65.4 Å². The molecule has 1 aromatic heterocycles. The van der Waals surface area contributed by atoms with Crippen molar-refractivity contribution in [2.75, 3.05) is 12.4 Å². The van der Waals surface area contributed by atoms with E-state index in [4.69, 9.17) is 9.47 Å². The molecule has 3 aromatic carbocycles. The highest BCUT2D eigenvalue weighted by atomic mass is 16.5. The first-order valence-electron chi connectivity index (χ1n) is 9.94. The van der Waals surface area contributed by atoms with Crippen molar-refractivity contribution >= 4 is 11.6 Å². The molecule has 0 atom stereocenters. The number of hydrogen-bond acceptors (Lipinski definition) is 4. The number of para-hydroxylation sites is 2. The average Bonchev–Trinajstić information content (AvgIpc) is 3.25. The summed E-state index contributed by atoms with van der Waals surface area (Å²) >= 11 is 0. The number of anilines is 1. The number of carbonyl (C=O) groups is 1. The Labute approximate surface area is 181 Å². The summed E-state index contributed by atoms with van der Waals surface area (Å²) in [5.74, 6) is 1.13. The Hall–Kier alpha value is -4.06. The molecule has 1 N–H and O–H groups in total. The SMILES string of the molecule is COc1ccccc1OCc1cccc(C(=O)Nc2cnn(Cc3ccccc3)c2)c1. The summed E-state index contributed by atoms with van der Waals surface area (Å²) in [7, 11) is 1.61. The van der Waals surface area contributed by atoms with E-state index in [-0.39, 0.29) is 5.91 Å². The fourth-order valence-electron chi connectivity index (χ4n) is 3.19. The molecule has 0 aliphatic heterocycles. The molecule has 6 nitrogen and oxygen atoms in total. The Morgan fingerprint density at radius 1 is 0.935 bits per heavy atom. The molecule has 1 amide bonds. The number of ether oxygens (including phenoxy) is 2. The Morgan fingerprint density at radius 3 is 2.48 bits per heavy atom. The number of amides is 1. The number of aromatic nitrogens is 2. The van der Waals surface area contributed by atoms with Crippen LogP contribution in [0.2, 0.25) is 0 Å². The maximum absolute atomic E-state index is 12.7. The third kappa shape index (κ3) is 5.30. The third-order valence-electron chi connectivity index (χ3n) is 4.73. The minimum atomic E-state index is -0.196. The quantitative estimate of drug-likeness (QED) is 0.452. The highest BCUT2D eigenvalue weighted by molar-refractivity contribution is 6.04. The molecule has 0 aliphatic rings. The zero-order valence-electron chi connectivity index (χ0n) is 17.2. The second-order valence-corrected chi connectivity index (χ2v) is 7.01. The van der Waals surface area contributed by atoms with Crippen molar-refractivity contribution in [1.29, 1.82) is 0 Å². The normalized spacial score (nSPS) is 10.5. The summed E-state index contributed by atoms with van der Waals surface area (Å²) in [6.07, 6.45) is 3.47. The molecule has 6 heteroatoms. The van der Waals surface area contributed by atoms with Crippen molar-refractivity contribution < 1.29 is 14.3 Å². The molecule has 4 rings (SSSR count). The maximum atomic E-state index is 12.7. The van der Waals surface area contributed by atoms with E-state index in [9.17, 15) is 4.79 Å². The Balaban J connectivity index is 1.38. The number of carbonyl (C=O) groups excluding carboxylic acids is 1. The van der Waals surface area contributed by atoms with E-state index in [0.717, 1.165) is 11.1 Å². The second-order valence-electron chi connectivity index (χ2n) is 7.01. The standard InChI is InChI=1S/C25H23N3O3/c1-30-23-12-5-6-13-24(23)31-18-20-10-7-11-21(14-20)25(29)27-22-15-26-28(17-22)16-19-8-3-2-4-9-19/h2-15,17H,16,18H2,1H3,(H,27,29). The van der Waals surface area contributed by atoms with Gasteiger partial charge >= 0.3 is 0 Å². The van der Waals surface area contributed by atoms with Gasteiger partial charge in [-0.3, -0.25) is 9.48 Å².